The van der Waals surface area contributed by atoms with Crippen molar-refractivity contribution in [1.29, 1.82) is 0 Å². The molecule has 114 valence electrons. The molecule has 0 atom stereocenters. The lowest BCUT2D eigenvalue weighted by Gasteiger charge is -2.11. The molecule has 5 nitrogen and oxygen atoms in total. The number of rotatable bonds is 4. The Bertz CT molecular complexity index is 836. The Labute approximate surface area is 131 Å². The zero-order valence-corrected chi connectivity index (χ0v) is 11.8. The first-order chi connectivity index (χ1) is 11.1. The summed E-state index contributed by atoms with van der Waals surface area (Å²) < 4.78 is 18.7. The van der Waals surface area contributed by atoms with Crippen molar-refractivity contribution < 1.29 is 14.1 Å². The molecule has 2 aromatic carbocycles. The van der Waals surface area contributed by atoms with Crippen molar-refractivity contribution in [1.82, 2.24) is 4.98 Å². The van der Waals surface area contributed by atoms with Crippen LogP contribution in [0.15, 0.2) is 66.9 Å². The molecular weight excluding hydrogens is 299 g/mol. The van der Waals surface area contributed by atoms with Crippen molar-refractivity contribution in [3.63, 3.8) is 0 Å². The van der Waals surface area contributed by atoms with E-state index < -0.39 is 4.92 Å². The highest BCUT2D eigenvalue weighted by Gasteiger charge is 2.15. The minimum absolute atomic E-state index is 0.0582. The SMILES string of the molecule is O=[N+]([O-])c1ccc(Oc2ccc(F)cc2)c(-c2ccccn2)c1. The van der Waals surface area contributed by atoms with Gasteiger partial charge in [0.15, 0.2) is 0 Å². The normalized spacial score (nSPS) is 10.3. The molecule has 3 rings (SSSR count). The third kappa shape index (κ3) is 3.32. The van der Waals surface area contributed by atoms with E-state index in [0.29, 0.717) is 22.8 Å². The molecule has 0 aliphatic carbocycles. The van der Waals surface area contributed by atoms with E-state index in [9.17, 15) is 14.5 Å². The van der Waals surface area contributed by atoms with Gasteiger partial charge in [0.25, 0.3) is 5.69 Å². The van der Waals surface area contributed by atoms with Gasteiger partial charge in [-0.05, 0) is 42.5 Å². The molecule has 0 unspecified atom stereocenters. The van der Waals surface area contributed by atoms with Crippen LogP contribution in [0, 0.1) is 15.9 Å². The highest BCUT2D eigenvalue weighted by molar-refractivity contribution is 5.70. The van der Waals surface area contributed by atoms with Crippen LogP contribution in [0.1, 0.15) is 0 Å². The predicted molar refractivity (Wildman–Crippen MR) is 82.8 cm³/mol. The Morgan fingerprint density at radius 2 is 1.83 bits per heavy atom. The summed E-state index contributed by atoms with van der Waals surface area (Å²) in [7, 11) is 0. The van der Waals surface area contributed by atoms with E-state index in [1.54, 1.807) is 24.4 Å². The van der Waals surface area contributed by atoms with Crippen molar-refractivity contribution in [2.24, 2.45) is 0 Å². The van der Waals surface area contributed by atoms with Crippen LogP contribution in [-0.4, -0.2) is 9.91 Å². The summed E-state index contributed by atoms with van der Waals surface area (Å²) >= 11 is 0. The molecule has 0 bridgehead atoms. The van der Waals surface area contributed by atoms with Crippen molar-refractivity contribution in [2.45, 2.75) is 0 Å². The number of hydrogen-bond acceptors (Lipinski definition) is 4. The fraction of sp³-hybridized carbons (Fsp3) is 0. The zero-order chi connectivity index (χ0) is 16.2. The predicted octanol–water partition coefficient (Wildman–Crippen LogP) is 4.59. The van der Waals surface area contributed by atoms with Crippen molar-refractivity contribution in [2.75, 3.05) is 0 Å². The number of nitro benzene ring substituents is 1. The fourth-order valence-electron chi connectivity index (χ4n) is 2.07. The van der Waals surface area contributed by atoms with Crippen LogP contribution in [0.4, 0.5) is 10.1 Å². The number of nitro groups is 1. The van der Waals surface area contributed by atoms with E-state index >= 15 is 0 Å². The lowest BCUT2D eigenvalue weighted by molar-refractivity contribution is -0.384. The number of halogens is 1. The second kappa shape index (κ2) is 6.23. The van der Waals surface area contributed by atoms with Gasteiger partial charge in [-0.15, -0.1) is 0 Å². The lowest BCUT2D eigenvalue weighted by Crippen LogP contribution is -1.93. The molecule has 3 aromatic rings. The Morgan fingerprint density at radius 1 is 1.04 bits per heavy atom. The summed E-state index contributed by atoms with van der Waals surface area (Å²) in [6.07, 6.45) is 1.59. The first-order valence-corrected chi connectivity index (χ1v) is 6.77. The van der Waals surface area contributed by atoms with Crippen LogP contribution in [0.3, 0.4) is 0 Å². The molecule has 0 fully saturated rings. The summed E-state index contributed by atoms with van der Waals surface area (Å²) in [5.74, 6) is 0.462. The summed E-state index contributed by atoms with van der Waals surface area (Å²) in [6, 6.07) is 15.1. The summed E-state index contributed by atoms with van der Waals surface area (Å²) in [5, 5.41) is 11.0. The topological polar surface area (TPSA) is 65.3 Å². The maximum Gasteiger partial charge on any atom is 0.270 e. The number of ether oxygens (including phenoxy) is 1. The number of benzene rings is 2. The van der Waals surface area contributed by atoms with Crippen LogP contribution in [0.2, 0.25) is 0 Å². The van der Waals surface area contributed by atoms with Crippen molar-refractivity contribution in [3.8, 4) is 22.8 Å². The monoisotopic (exact) mass is 310 g/mol. The summed E-state index contributed by atoms with van der Waals surface area (Å²) in [5.41, 5.74) is 0.981. The zero-order valence-electron chi connectivity index (χ0n) is 11.8. The molecule has 0 saturated carbocycles. The smallest absolute Gasteiger partial charge is 0.270 e. The third-order valence-corrected chi connectivity index (χ3v) is 3.16. The van der Waals surface area contributed by atoms with Gasteiger partial charge in [-0.3, -0.25) is 15.1 Å². The minimum Gasteiger partial charge on any atom is -0.457 e. The van der Waals surface area contributed by atoms with Crippen LogP contribution in [0.25, 0.3) is 11.3 Å². The fourth-order valence-corrected chi connectivity index (χ4v) is 2.07. The van der Waals surface area contributed by atoms with Gasteiger partial charge in [0.2, 0.25) is 0 Å². The summed E-state index contributed by atoms with van der Waals surface area (Å²) in [6.45, 7) is 0. The molecule has 0 aliphatic heterocycles. The van der Waals surface area contributed by atoms with Gasteiger partial charge in [0.05, 0.1) is 10.6 Å². The first-order valence-electron chi connectivity index (χ1n) is 6.77. The standard InChI is InChI=1S/C17H11FN2O3/c18-12-4-7-14(8-5-12)23-17-9-6-13(20(21)22)11-15(17)16-3-1-2-10-19-16/h1-11H. The molecule has 0 N–H and O–H groups in total. The molecule has 0 saturated heterocycles. The van der Waals surface area contributed by atoms with Crippen LogP contribution >= 0.6 is 0 Å². The second-order valence-electron chi connectivity index (χ2n) is 4.71. The molecule has 1 aromatic heterocycles. The Hall–Kier alpha value is -3.28. The average Bonchev–Trinajstić information content (AvgIpc) is 2.58. The van der Waals surface area contributed by atoms with Gasteiger partial charge in [0.1, 0.15) is 17.3 Å². The van der Waals surface area contributed by atoms with Crippen molar-refractivity contribution in [3.05, 3.63) is 82.8 Å². The highest BCUT2D eigenvalue weighted by Crippen LogP contribution is 2.35. The van der Waals surface area contributed by atoms with Crippen LogP contribution < -0.4 is 4.74 Å². The molecule has 1 heterocycles. The maximum atomic E-state index is 13.0. The van der Waals surface area contributed by atoms with Crippen molar-refractivity contribution >= 4 is 5.69 Å². The van der Waals surface area contributed by atoms with Crippen LogP contribution in [0.5, 0.6) is 11.5 Å². The molecule has 0 aliphatic rings. The number of nitrogens with zero attached hydrogens (tertiary/aromatic N) is 2. The molecular formula is C17H11FN2O3. The first kappa shape index (κ1) is 14.6. The number of hydrogen-bond donors (Lipinski definition) is 0. The van der Waals surface area contributed by atoms with E-state index in [4.69, 9.17) is 4.74 Å². The van der Waals surface area contributed by atoms with E-state index in [-0.39, 0.29) is 11.5 Å². The Morgan fingerprint density at radius 3 is 2.48 bits per heavy atom. The molecule has 0 amide bonds. The van der Waals surface area contributed by atoms with Gasteiger partial charge in [-0.25, -0.2) is 4.39 Å². The van der Waals surface area contributed by atoms with E-state index in [1.807, 2.05) is 0 Å². The van der Waals surface area contributed by atoms with Crippen LogP contribution in [-0.2, 0) is 0 Å². The largest absolute Gasteiger partial charge is 0.457 e. The Balaban J connectivity index is 2.05. The second-order valence-corrected chi connectivity index (χ2v) is 4.71. The van der Waals surface area contributed by atoms with E-state index in [2.05, 4.69) is 4.98 Å². The van der Waals surface area contributed by atoms with Gasteiger partial charge >= 0.3 is 0 Å². The number of aromatic nitrogens is 1. The van der Waals surface area contributed by atoms with Gasteiger partial charge in [-0.1, -0.05) is 6.07 Å². The quantitative estimate of drug-likeness (QED) is 0.522. The van der Waals surface area contributed by atoms with E-state index in [1.165, 1.54) is 42.5 Å². The highest BCUT2D eigenvalue weighted by atomic mass is 19.1. The molecule has 23 heavy (non-hydrogen) atoms. The molecule has 6 heteroatoms. The molecule has 0 radical (unpaired) electrons. The summed E-state index contributed by atoms with van der Waals surface area (Å²) in [4.78, 5) is 14.7. The molecule has 0 spiro atoms. The van der Waals surface area contributed by atoms with Gasteiger partial charge in [0, 0.05) is 23.9 Å². The Kier molecular flexibility index (Phi) is 3.97. The maximum absolute atomic E-state index is 13.0. The average molecular weight is 310 g/mol. The van der Waals surface area contributed by atoms with E-state index in [0.717, 1.165) is 0 Å². The minimum atomic E-state index is -0.478. The lowest BCUT2D eigenvalue weighted by atomic mass is 10.1. The third-order valence-electron chi connectivity index (χ3n) is 3.16. The number of non-ortho nitro benzene ring substituents is 1. The number of pyridine rings is 1. The van der Waals surface area contributed by atoms with Gasteiger partial charge in [-0.2, -0.15) is 0 Å². The van der Waals surface area contributed by atoms with Gasteiger partial charge < -0.3 is 4.74 Å².